The first kappa shape index (κ1) is 15.5. The number of fused-ring (bicyclic) bond motifs is 1. The lowest BCUT2D eigenvalue weighted by Gasteiger charge is -2.24. The van der Waals surface area contributed by atoms with Crippen molar-refractivity contribution in [1.29, 1.82) is 0 Å². The molecule has 2 heterocycles. The third kappa shape index (κ3) is 3.05. The largest absolute Gasteiger partial charge is 0.312 e. The van der Waals surface area contributed by atoms with Gasteiger partial charge >= 0.3 is 0 Å². The first-order chi connectivity index (χ1) is 10.8. The Labute approximate surface area is 134 Å². The average Bonchev–Trinajstić information content (AvgIpc) is 2.96. The Kier molecular flexibility index (Phi) is 5.14. The fourth-order valence-corrected chi connectivity index (χ4v) is 3.78. The van der Waals surface area contributed by atoms with Crippen molar-refractivity contribution in [2.75, 3.05) is 6.54 Å². The van der Waals surface area contributed by atoms with E-state index >= 15 is 0 Å². The van der Waals surface area contributed by atoms with Gasteiger partial charge in [0.15, 0.2) is 0 Å². The lowest BCUT2D eigenvalue weighted by Crippen LogP contribution is -2.23. The minimum Gasteiger partial charge on any atom is -0.312 e. The van der Waals surface area contributed by atoms with E-state index in [0.717, 1.165) is 25.9 Å². The van der Waals surface area contributed by atoms with Crippen LogP contribution in [0.5, 0.6) is 0 Å². The Morgan fingerprint density at radius 1 is 1.32 bits per heavy atom. The van der Waals surface area contributed by atoms with Crippen LogP contribution in [-0.2, 0) is 13.0 Å². The second kappa shape index (κ2) is 7.28. The van der Waals surface area contributed by atoms with Crippen molar-refractivity contribution in [3.05, 3.63) is 35.2 Å². The van der Waals surface area contributed by atoms with E-state index in [1.807, 2.05) is 0 Å². The molecule has 0 aromatic carbocycles. The predicted molar refractivity (Wildman–Crippen MR) is 92.8 cm³/mol. The number of nitrogens with one attached hydrogen (secondary N) is 1. The Hall–Kier alpha value is -1.35. The van der Waals surface area contributed by atoms with Crippen LogP contribution in [0.25, 0.3) is 5.57 Å². The zero-order valence-electron chi connectivity index (χ0n) is 14.1. The highest BCUT2D eigenvalue weighted by Crippen LogP contribution is 2.34. The minimum absolute atomic E-state index is 0.597. The first-order valence-electron chi connectivity index (χ1n) is 8.99. The number of nitrogens with zero attached hydrogens (tertiary/aromatic N) is 2. The van der Waals surface area contributed by atoms with Crippen molar-refractivity contribution < 1.29 is 0 Å². The quantitative estimate of drug-likeness (QED) is 0.835. The van der Waals surface area contributed by atoms with Gasteiger partial charge in [0.25, 0.3) is 0 Å². The first-order valence-corrected chi connectivity index (χ1v) is 8.99. The Bertz CT molecular complexity index is 559. The molecule has 3 nitrogen and oxygen atoms in total. The van der Waals surface area contributed by atoms with Gasteiger partial charge in [0.05, 0.1) is 17.4 Å². The standard InChI is InChI=1S/C19H29N3/c1-3-5-9-15(4-2)19-17-14-20-13-12-18(17)21-22(19)16-10-7-6-8-11-16/h4-5,9,16,20H,3,6-8,10-14H2,1-2H3/b9-5-,15-4+. The molecule has 22 heavy (non-hydrogen) atoms. The molecule has 0 saturated heterocycles. The summed E-state index contributed by atoms with van der Waals surface area (Å²) >= 11 is 0. The molecule has 1 aromatic heterocycles. The molecule has 0 amide bonds. The molecular weight excluding hydrogens is 270 g/mol. The molecular formula is C19H29N3. The molecule has 1 fully saturated rings. The Balaban J connectivity index is 2.04. The molecule has 0 atom stereocenters. The summed E-state index contributed by atoms with van der Waals surface area (Å²) < 4.78 is 2.38. The van der Waals surface area contributed by atoms with E-state index in [-0.39, 0.29) is 0 Å². The van der Waals surface area contributed by atoms with Gasteiger partial charge in [0, 0.05) is 25.1 Å². The van der Waals surface area contributed by atoms with Crippen molar-refractivity contribution in [2.45, 2.75) is 71.4 Å². The SMILES string of the molecule is C/C=C(\C=C/CC)c1c2c(nn1C1CCCCC1)CCNC2. The number of allylic oxidation sites excluding steroid dienone is 4. The van der Waals surface area contributed by atoms with Gasteiger partial charge in [-0.25, -0.2) is 0 Å². The van der Waals surface area contributed by atoms with E-state index in [2.05, 4.69) is 42.1 Å². The maximum absolute atomic E-state index is 5.05. The van der Waals surface area contributed by atoms with Gasteiger partial charge in [-0.1, -0.05) is 44.4 Å². The molecule has 120 valence electrons. The van der Waals surface area contributed by atoms with Gasteiger partial charge in [-0.05, 0) is 31.8 Å². The summed E-state index contributed by atoms with van der Waals surface area (Å²) in [5.74, 6) is 0. The number of rotatable bonds is 4. The van der Waals surface area contributed by atoms with E-state index in [1.54, 1.807) is 0 Å². The van der Waals surface area contributed by atoms with Gasteiger partial charge in [-0.2, -0.15) is 5.10 Å². The van der Waals surface area contributed by atoms with E-state index < -0.39 is 0 Å². The van der Waals surface area contributed by atoms with Crippen LogP contribution < -0.4 is 5.32 Å². The lowest BCUT2D eigenvalue weighted by molar-refractivity contribution is 0.326. The fraction of sp³-hybridized carbons (Fsp3) is 0.632. The predicted octanol–water partition coefficient (Wildman–Crippen LogP) is 4.40. The van der Waals surface area contributed by atoms with Crippen molar-refractivity contribution in [2.24, 2.45) is 0 Å². The van der Waals surface area contributed by atoms with Crippen molar-refractivity contribution in [1.82, 2.24) is 15.1 Å². The maximum atomic E-state index is 5.05. The number of aromatic nitrogens is 2. The van der Waals surface area contributed by atoms with Crippen molar-refractivity contribution in [3.63, 3.8) is 0 Å². The van der Waals surface area contributed by atoms with Gasteiger partial charge < -0.3 is 5.32 Å². The van der Waals surface area contributed by atoms with Crippen LogP contribution in [-0.4, -0.2) is 16.3 Å². The molecule has 0 spiro atoms. The normalized spacial score (nSPS) is 20.5. The molecule has 1 N–H and O–H groups in total. The van der Waals surface area contributed by atoms with Crippen molar-refractivity contribution in [3.8, 4) is 0 Å². The van der Waals surface area contributed by atoms with E-state index in [9.17, 15) is 0 Å². The van der Waals surface area contributed by atoms with Crippen molar-refractivity contribution >= 4 is 5.57 Å². The number of hydrogen-bond donors (Lipinski definition) is 1. The third-order valence-electron chi connectivity index (χ3n) is 4.97. The molecule has 1 saturated carbocycles. The Morgan fingerprint density at radius 3 is 2.86 bits per heavy atom. The van der Waals surface area contributed by atoms with E-state index in [1.165, 1.54) is 54.6 Å². The zero-order chi connectivity index (χ0) is 15.4. The summed E-state index contributed by atoms with van der Waals surface area (Å²) in [7, 11) is 0. The summed E-state index contributed by atoms with van der Waals surface area (Å²) in [6.07, 6.45) is 15.6. The average molecular weight is 299 g/mol. The monoisotopic (exact) mass is 299 g/mol. The smallest absolute Gasteiger partial charge is 0.0730 e. The molecule has 0 bridgehead atoms. The number of hydrogen-bond acceptors (Lipinski definition) is 2. The topological polar surface area (TPSA) is 29.9 Å². The molecule has 1 aliphatic carbocycles. The van der Waals surface area contributed by atoms with E-state index in [4.69, 9.17) is 5.10 Å². The highest BCUT2D eigenvalue weighted by atomic mass is 15.3. The zero-order valence-corrected chi connectivity index (χ0v) is 14.1. The van der Waals surface area contributed by atoms with Crippen LogP contribution in [0.1, 0.15) is 75.4 Å². The van der Waals surface area contributed by atoms with E-state index in [0.29, 0.717) is 6.04 Å². The minimum atomic E-state index is 0.597. The lowest BCUT2D eigenvalue weighted by atomic mass is 9.94. The highest BCUT2D eigenvalue weighted by molar-refractivity contribution is 5.74. The second-order valence-electron chi connectivity index (χ2n) is 6.49. The summed E-state index contributed by atoms with van der Waals surface area (Å²) in [6, 6.07) is 0.597. The molecule has 3 heteroatoms. The maximum Gasteiger partial charge on any atom is 0.0730 e. The molecule has 0 radical (unpaired) electrons. The van der Waals surface area contributed by atoms with Gasteiger partial charge in [-0.15, -0.1) is 0 Å². The molecule has 2 aliphatic rings. The molecule has 1 aromatic rings. The summed E-state index contributed by atoms with van der Waals surface area (Å²) in [5, 5.41) is 8.58. The van der Waals surface area contributed by atoms with Gasteiger partial charge in [0.1, 0.15) is 0 Å². The summed E-state index contributed by atoms with van der Waals surface area (Å²) in [4.78, 5) is 0. The summed E-state index contributed by atoms with van der Waals surface area (Å²) in [6.45, 7) is 6.37. The fourth-order valence-electron chi connectivity index (χ4n) is 3.78. The van der Waals surface area contributed by atoms with Gasteiger partial charge in [0.2, 0.25) is 0 Å². The van der Waals surface area contributed by atoms with Crippen LogP contribution in [0.2, 0.25) is 0 Å². The third-order valence-corrected chi connectivity index (χ3v) is 4.97. The molecule has 3 rings (SSSR count). The second-order valence-corrected chi connectivity index (χ2v) is 6.49. The van der Waals surface area contributed by atoms with Crippen LogP contribution in [0, 0.1) is 0 Å². The van der Waals surface area contributed by atoms with Gasteiger partial charge in [-0.3, -0.25) is 4.68 Å². The van der Waals surface area contributed by atoms with Crippen LogP contribution >= 0.6 is 0 Å². The molecule has 0 unspecified atom stereocenters. The summed E-state index contributed by atoms with van der Waals surface area (Å²) in [5.41, 5.74) is 5.47. The van der Waals surface area contributed by atoms with Crippen LogP contribution in [0.15, 0.2) is 18.2 Å². The Morgan fingerprint density at radius 2 is 2.14 bits per heavy atom. The van der Waals surface area contributed by atoms with Crippen LogP contribution in [0.4, 0.5) is 0 Å². The molecule has 1 aliphatic heterocycles. The van der Waals surface area contributed by atoms with Crippen LogP contribution in [0.3, 0.4) is 0 Å². The highest BCUT2D eigenvalue weighted by Gasteiger charge is 2.26.